The Morgan fingerprint density at radius 3 is 1.91 bits per heavy atom. The standard InChI is InChI=1S/C25H44N2O7/c1-7-32-22(28)18-10-12-19(13-11-18)33-25(26-14-8-9-15-26,23(29)34-24(2,3)4)27-16-20(30-5)21(17-27)31-6/h18-21H,7-17H2,1-6H3/t18?,19?,20-,21-,25?/m1/s1. The van der Waals surface area contributed by atoms with E-state index in [2.05, 4.69) is 4.90 Å². The van der Waals surface area contributed by atoms with E-state index in [1.165, 1.54) is 0 Å². The van der Waals surface area contributed by atoms with Gasteiger partial charge in [0.15, 0.2) is 0 Å². The Morgan fingerprint density at radius 1 is 0.882 bits per heavy atom. The van der Waals surface area contributed by atoms with Gasteiger partial charge in [0, 0.05) is 40.4 Å². The molecule has 0 N–H and O–H groups in total. The molecule has 0 radical (unpaired) electrons. The van der Waals surface area contributed by atoms with Gasteiger partial charge in [0.1, 0.15) is 5.60 Å². The molecule has 2 heterocycles. The van der Waals surface area contributed by atoms with Gasteiger partial charge in [0.2, 0.25) is 0 Å². The van der Waals surface area contributed by atoms with Gasteiger partial charge in [-0.3, -0.25) is 9.69 Å². The summed E-state index contributed by atoms with van der Waals surface area (Å²) in [6, 6.07) is 0. The van der Waals surface area contributed by atoms with E-state index in [9.17, 15) is 9.59 Å². The highest BCUT2D eigenvalue weighted by atomic mass is 16.6. The molecule has 0 amide bonds. The van der Waals surface area contributed by atoms with Gasteiger partial charge < -0.3 is 23.7 Å². The van der Waals surface area contributed by atoms with Crippen LogP contribution in [-0.4, -0.2) is 98.5 Å². The minimum Gasteiger partial charge on any atom is -0.466 e. The van der Waals surface area contributed by atoms with Gasteiger partial charge in [0.05, 0.1) is 30.8 Å². The van der Waals surface area contributed by atoms with Gasteiger partial charge >= 0.3 is 11.9 Å². The zero-order chi connectivity index (χ0) is 24.9. The third-order valence-electron chi connectivity index (χ3n) is 7.07. The van der Waals surface area contributed by atoms with Crippen molar-refractivity contribution >= 4 is 11.9 Å². The highest BCUT2D eigenvalue weighted by Crippen LogP contribution is 2.38. The molecule has 3 atom stereocenters. The second-order valence-electron chi connectivity index (χ2n) is 10.6. The van der Waals surface area contributed by atoms with Gasteiger partial charge in [-0.1, -0.05) is 0 Å². The quantitative estimate of drug-likeness (QED) is 0.458. The Bertz CT molecular complexity index is 671. The molecule has 1 saturated carbocycles. The van der Waals surface area contributed by atoms with Crippen molar-refractivity contribution in [3.05, 3.63) is 0 Å². The predicted octanol–water partition coefficient (Wildman–Crippen LogP) is 2.56. The molecule has 3 rings (SSSR count). The van der Waals surface area contributed by atoms with Gasteiger partial charge in [0.25, 0.3) is 5.85 Å². The summed E-state index contributed by atoms with van der Waals surface area (Å²) >= 11 is 0. The van der Waals surface area contributed by atoms with Crippen molar-refractivity contribution in [3.8, 4) is 0 Å². The lowest BCUT2D eigenvalue weighted by Gasteiger charge is -2.48. The van der Waals surface area contributed by atoms with Crippen LogP contribution in [0.5, 0.6) is 0 Å². The molecule has 0 aromatic rings. The average Bonchev–Trinajstić information content (AvgIpc) is 3.47. The molecular formula is C25H44N2O7. The Labute approximate surface area is 204 Å². The van der Waals surface area contributed by atoms with Crippen molar-refractivity contribution in [2.24, 2.45) is 5.92 Å². The molecule has 0 aromatic carbocycles. The summed E-state index contributed by atoms with van der Waals surface area (Å²) in [7, 11) is 3.34. The second-order valence-corrected chi connectivity index (χ2v) is 10.6. The van der Waals surface area contributed by atoms with E-state index in [0.29, 0.717) is 45.4 Å². The zero-order valence-corrected chi connectivity index (χ0v) is 21.8. The van der Waals surface area contributed by atoms with Crippen molar-refractivity contribution < 1.29 is 33.3 Å². The minimum atomic E-state index is -1.35. The Morgan fingerprint density at radius 2 is 1.44 bits per heavy atom. The maximum absolute atomic E-state index is 14.0. The zero-order valence-electron chi connectivity index (χ0n) is 21.8. The number of carbonyl (C=O) groups is 2. The molecule has 3 fully saturated rings. The number of carbonyl (C=O) groups excluding carboxylic acids is 2. The van der Waals surface area contributed by atoms with Crippen LogP contribution in [0.4, 0.5) is 0 Å². The topological polar surface area (TPSA) is 86.8 Å². The van der Waals surface area contributed by atoms with E-state index in [-0.39, 0.29) is 36.2 Å². The number of esters is 2. The van der Waals surface area contributed by atoms with Crippen LogP contribution in [0, 0.1) is 5.92 Å². The van der Waals surface area contributed by atoms with Gasteiger partial charge in [-0.15, -0.1) is 0 Å². The fraction of sp³-hybridized carbons (Fsp3) is 0.920. The number of hydrogen-bond acceptors (Lipinski definition) is 9. The normalized spacial score (nSPS) is 30.8. The SMILES string of the molecule is CCOC(=O)C1CCC(OC(C(=O)OC(C)(C)C)(N2CCCC2)N2C[C@@H](OC)[C@H](OC)C2)CC1. The van der Waals surface area contributed by atoms with E-state index in [1.807, 2.05) is 32.6 Å². The van der Waals surface area contributed by atoms with Crippen LogP contribution < -0.4 is 0 Å². The van der Waals surface area contributed by atoms with Crippen LogP contribution >= 0.6 is 0 Å². The molecule has 2 saturated heterocycles. The van der Waals surface area contributed by atoms with E-state index in [1.54, 1.807) is 14.2 Å². The summed E-state index contributed by atoms with van der Waals surface area (Å²) in [5, 5.41) is 0. The summed E-state index contributed by atoms with van der Waals surface area (Å²) in [6.45, 7) is 10.4. The molecule has 0 bridgehead atoms. The summed E-state index contributed by atoms with van der Waals surface area (Å²) in [5.74, 6) is -1.98. The molecule has 9 heteroatoms. The highest BCUT2D eigenvalue weighted by Gasteiger charge is 2.58. The van der Waals surface area contributed by atoms with E-state index in [4.69, 9.17) is 23.7 Å². The lowest BCUT2D eigenvalue weighted by atomic mass is 9.87. The molecule has 0 spiro atoms. The van der Waals surface area contributed by atoms with Crippen molar-refractivity contribution in [2.45, 2.75) is 96.0 Å². The Kier molecular flexibility index (Phi) is 9.36. The molecule has 3 aliphatic rings. The monoisotopic (exact) mass is 484 g/mol. The van der Waals surface area contributed by atoms with Crippen LogP contribution in [0.2, 0.25) is 0 Å². The molecule has 196 valence electrons. The second kappa shape index (κ2) is 11.6. The fourth-order valence-corrected chi connectivity index (χ4v) is 5.37. The first kappa shape index (κ1) is 27.3. The summed E-state index contributed by atoms with van der Waals surface area (Å²) in [5.41, 5.74) is -0.659. The van der Waals surface area contributed by atoms with E-state index < -0.39 is 11.4 Å². The predicted molar refractivity (Wildman–Crippen MR) is 126 cm³/mol. The lowest BCUT2D eigenvalue weighted by Crippen LogP contribution is -2.68. The lowest BCUT2D eigenvalue weighted by molar-refractivity contribution is -0.275. The maximum atomic E-state index is 14.0. The third kappa shape index (κ3) is 6.10. The Hall–Kier alpha value is -1.26. The molecule has 2 aliphatic heterocycles. The summed E-state index contributed by atoms with van der Waals surface area (Å²) < 4.78 is 29.4. The smallest absolute Gasteiger partial charge is 0.371 e. The van der Waals surface area contributed by atoms with E-state index in [0.717, 1.165) is 25.9 Å². The first-order chi connectivity index (χ1) is 16.1. The van der Waals surface area contributed by atoms with Gasteiger partial charge in [-0.05, 0) is 66.2 Å². The number of likely N-dealkylation sites (tertiary alicyclic amines) is 2. The number of nitrogens with zero attached hydrogens (tertiary/aromatic N) is 2. The average molecular weight is 485 g/mol. The minimum absolute atomic E-state index is 0.106. The first-order valence-corrected chi connectivity index (χ1v) is 12.8. The molecule has 1 aliphatic carbocycles. The van der Waals surface area contributed by atoms with Gasteiger partial charge in [-0.25, -0.2) is 9.69 Å². The first-order valence-electron chi connectivity index (χ1n) is 12.8. The number of ether oxygens (including phenoxy) is 5. The fourth-order valence-electron chi connectivity index (χ4n) is 5.37. The number of methoxy groups -OCH3 is 2. The van der Waals surface area contributed by atoms with Crippen LogP contribution in [0.1, 0.15) is 66.2 Å². The maximum Gasteiger partial charge on any atom is 0.371 e. The van der Waals surface area contributed by atoms with Crippen molar-refractivity contribution in [1.82, 2.24) is 9.80 Å². The molecule has 1 unspecified atom stereocenters. The molecular weight excluding hydrogens is 440 g/mol. The molecule has 34 heavy (non-hydrogen) atoms. The largest absolute Gasteiger partial charge is 0.466 e. The van der Waals surface area contributed by atoms with Crippen molar-refractivity contribution in [2.75, 3.05) is 47.0 Å². The van der Waals surface area contributed by atoms with Crippen molar-refractivity contribution in [1.29, 1.82) is 0 Å². The van der Waals surface area contributed by atoms with Crippen LogP contribution in [-0.2, 0) is 33.3 Å². The van der Waals surface area contributed by atoms with Gasteiger partial charge in [-0.2, -0.15) is 0 Å². The summed E-state index contributed by atoms with van der Waals surface area (Å²) in [6.07, 6.45) is 4.26. The number of hydrogen-bond donors (Lipinski definition) is 0. The highest BCUT2D eigenvalue weighted by molar-refractivity contribution is 5.79. The number of rotatable bonds is 9. The van der Waals surface area contributed by atoms with Crippen LogP contribution in [0.3, 0.4) is 0 Å². The van der Waals surface area contributed by atoms with Crippen LogP contribution in [0.15, 0.2) is 0 Å². The van der Waals surface area contributed by atoms with Crippen LogP contribution in [0.25, 0.3) is 0 Å². The molecule has 9 nitrogen and oxygen atoms in total. The van der Waals surface area contributed by atoms with Crippen molar-refractivity contribution in [3.63, 3.8) is 0 Å². The van der Waals surface area contributed by atoms with E-state index >= 15 is 0 Å². The Balaban J connectivity index is 1.89. The summed E-state index contributed by atoms with van der Waals surface area (Å²) in [4.78, 5) is 30.4. The molecule has 0 aromatic heterocycles. The third-order valence-corrected chi connectivity index (χ3v) is 7.07.